The molecule has 114 valence electrons. The van der Waals surface area contributed by atoms with Crippen molar-refractivity contribution in [1.29, 1.82) is 0 Å². The van der Waals surface area contributed by atoms with Crippen LogP contribution in [0.15, 0.2) is 36.7 Å². The van der Waals surface area contributed by atoms with Crippen LogP contribution in [0.5, 0.6) is 0 Å². The van der Waals surface area contributed by atoms with Crippen molar-refractivity contribution < 1.29 is 4.79 Å². The van der Waals surface area contributed by atoms with Crippen molar-refractivity contribution in [3.8, 4) is 0 Å². The summed E-state index contributed by atoms with van der Waals surface area (Å²) < 4.78 is 0. The molecule has 1 aliphatic carbocycles. The fourth-order valence-corrected chi connectivity index (χ4v) is 2.31. The lowest BCUT2D eigenvalue weighted by Gasteiger charge is -2.21. The first-order chi connectivity index (χ1) is 10.7. The molecule has 22 heavy (non-hydrogen) atoms. The highest BCUT2D eigenvalue weighted by molar-refractivity contribution is 5.94. The summed E-state index contributed by atoms with van der Waals surface area (Å²) in [7, 11) is 0. The van der Waals surface area contributed by atoms with Crippen molar-refractivity contribution in [2.24, 2.45) is 0 Å². The second kappa shape index (κ2) is 6.13. The molecular weight excluding hydrogens is 276 g/mol. The molecule has 0 saturated heterocycles. The molecule has 0 atom stereocenters. The predicted octanol–water partition coefficient (Wildman–Crippen LogP) is 2.84. The Hall–Kier alpha value is -2.43. The highest BCUT2D eigenvalue weighted by Gasteiger charge is 2.24. The third-order valence-corrected chi connectivity index (χ3v) is 3.68. The van der Waals surface area contributed by atoms with E-state index in [1.54, 1.807) is 12.4 Å². The molecule has 1 saturated carbocycles. The molecule has 1 fully saturated rings. The Morgan fingerprint density at radius 1 is 1.32 bits per heavy atom. The van der Waals surface area contributed by atoms with E-state index in [9.17, 15) is 4.79 Å². The summed E-state index contributed by atoms with van der Waals surface area (Å²) in [6, 6.07) is 8.55. The van der Waals surface area contributed by atoms with Crippen LogP contribution in [0.4, 0.5) is 11.6 Å². The molecule has 5 nitrogen and oxygen atoms in total. The second-order valence-corrected chi connectivity index (χ2v) is 5.60. The van der Waals surface area contributed by atoms with E-state index in [1.165, 1.54) is 5.56 Å². The summed E-state index contributed by atoms with van der Waals surface area (Å²) in [6.07, 6.45) is 5.33. The van der Waals surface area contributed by atoms with E-state index < -0.39 is 0 Å². The third-order valence-electron chi connectivity index (χ3n) is 3.68. The lowest BCUT2D eigenvalue weighted by Crippen LogP contribution is -2.26. The largest absolute Gasteiger partial charge is 0.349 e. The van der Waals surface area contributed by atoms with Gasteiger partial charge in [0.25, 0.3) is 5.91 Å². The van der Waals surface area contributed by atoms with Gasteiger partial charge in [0.05, 0.1) is 5.56 Å². The summed E-state index contributed by atoms with van der Waals surface area (Å²) in [5.41, 5.74) is 2.75. The molecule has 5 heteroatoms. The predicted molar refractivity (Wildman–Crippen MR) is 86.4 cm³/mol. The van der Waals surface area contributed by atoms with Gasteiger partial charge < -0.3 is 10.2 Å². The van der Waals surface area contributed by atoms with Crippen LogP contribution in [-0.4, -0.2) is 28.5 Å². The maximum absolute atomic E-state index is 12.0. The van der Waals surface area contributed by atoms with E-state index in [2.05, 4.69) is 41.3 Å². The number of hydrogen-bond donors (Lipinski definition) is 1. The molecular formula is C17H20N4O. The Kier molecular flexibility index (Phi) is 4.04. The lowest BCUT2D eigenvalue weighted by molar-refractivity contribution is 0.0950. The molecule has 3 rings (SSSR count). The Labute approximate surface area is 130 Å². The first-order valence-corrected chi connectivity index (χ1v) is 7.64. The zero-order valence-corrected chi connectivity index (χ0v) is 12.9. The average molecular weight is 296 g/mol. The number of rotatable bonds is 5. The number of aryl methyl sites for hydroxylation is 1. The number of hydrogen-bond acceptors (Lipinski definition) is 4. The topological polar surface area (TPSA) is 58.1 Å². The quantitative estimate of drug-likeness (QED) is 0.921. The summed E-state index contributed by atoms with van der Waals surface area (Å²) in [6.45, 7) is 4.87. The third kappa shape index (κ3) is 3.24. The van der Waals surface area contributed by atoms with Crippen LogP contribution in [-0.2, 0) is 0 Å². The molecule has 0 unspecified atom stereocenters. The van der Waals surface area contributed by atoms with Crippen LogP contribution < -0.4 is 10.2 Å². The molecule has 1 aliphatic rings. The number of amides is 1. The molecule has 1 amide bonds. The summed E-state index contributed by atoms with van der Waals surface area (Å²) >= 11 is 0. The SMILES string of the molecule is CCN(c1cccc(C)c1)c1ncc(C(=O)NC2CC2)cn1. The van der Waals surface area contributed by atoms with E-state index in [1.807, 2.05) is 17.0 Å². The zero-order valence-electron chi connectivity index (χ0n) is 12.9. The highest BCUT2D eigenvalue weighted by Crippen LogP contribution is 2.23. The van der Waals surface area contributed by atoms with Crippen LogP contribution in [0.2, 0.25) is 0 Å². The first-order valence-electron chi connectivity index (χ1n) is 7.64. The van der Waals surface area contributed by atoms with E-state index in [-0.39, 0.29) is 5.91 Å². The summed E-state index contributed by atoms with van der Waals surface area (Å²) in [4.78, 5) is 22.7. The Bertz CT molecular complexity index is 665. The highest BCUT2D eigenvalue weighted by atomic mass is 16.1. The Morgan fingerprint density at radius 3 is 2.64 bits per heavy atom. The molecule has 1 aromatic heterocycles. The van der Waals surface area contributed by atoms with Gasteiger partial charge in [-0.05, 0) is 44.4 Å². The average Bonchev–Trinajstić information content (AvgIpc) is 3.33. The molecule has 0 aliphatic heterocycles. The van der Waals surface area contributed by atoms with Gasteiger partial charge in [-0.2, -0.15) is 0 Å². The number of carbonyl (C=O) groups excluding carboxylic acids is 1. The number of nitrogens with zero attached hydrogens (tertiary/aromatic N) is 3. The molecule has 2 aromatic rings. The Morgan fingerprint density at radius 2 is 2.05 bits per heavy atom. The van der Waals surface area contributed by atoms with Crippen LogP contribution in [0.25, 0.3) is 0 Å². The molecule has 0 spiro atoms. The smallest absolute Gasteiger partial charge is 0.254 e. The van der Waals surface area contributed by atoms with Gasteiger partial charge in [0.2, 0.25) is 5.95 Å². The monoisotopic (exact) mass is 296 g/mol. The maximum atomic E-state index is 12.0. The van der Waals surface area contributed by atoms with E-state index >= 15 is 0 Å². The van der Waals surface area contributed by atoms with E-state index in [0.717, 1.165) is 25.1 Å². The molecule has 1 aromatic carbocycles. The van der Waals surface area contributed by atoms with Crippen molar-refractivity contribution in [2.45, 2.75) is 32.7 Å². The van der Waals surface area contributed by atoms with Gasteiger partial charge in [0.1, 0.15) is 0 Å². The summed E-state index contributed by atoms with van der Waals surface area (Å²) in [5.74, 6) is 0.517. The number of aromatic nitrogens is 2. The second-order valence-electron chi connectivity index (χ2n) is 5.60. The van der Waals surface area contributed by atoms with Gasteiger partial charge in [-0.3, -0.25) is 4.79 Å². The van der Waals surface area contributed by atoms with Crippen molar-refractivity contribution in [3.05, 3.63) is 47.8 Å². The van der Waals surface area contributed by atoms with Crippen LogP contribution in [0.3, 0.4) is 0 Å². The minimum Gasteiger partial charge on any atom is -0.349 e. The van der Waals surface area contributed by atoms with Crippen molar-refractivity contribution >= 4 is 17.5 Å². The van der Waals surface area contributed by atoms with E-state index in [4.69, 9.17) is 0 Å². The summed E-state index contributed by atoms with van der Waals surface area (Å²) in [5, 5.41) is 2.94. The van der Waals surface area contributed by atoms with Crippen LogP contribution >= 0.6 is 0 Å². The molecule has 0 radical (unpaired) electrons. The first kappa shape index (κ1) is 14.5. The molecule has 1 N–H and O–H groups in total. The molecule has 1 heterocycles. The maximum Gasteiger partial charge on any atom is 0.254 e. The van der Waals surface area contributed by atoms with Gasteiger partial charge in [0.15, 0.2) is 0 Å². The zero-order chi connectivity index (χ0) is 15.5. The number of benzene rings is 1. The van der Waals surface area contributed by atoms with Crippen molar-refractivity contribution in [3.63, 3.8) is 0 Å². The number of anilines is 2. The van der Waals surface area contributed by atoms with Gasteiger partial charge in [-0.25, -0.2) is 9.97 Å². The normalized spacial score (nSPS) is 13.7. The fraction of sp³-hybridized carbons (Fsp3) is 0.353. The van der Waals surface area contributed by atoms with Gasteiger partial charge >= 0.3 is 0 Å². The van der Waals surface area contributed by atoms with Gasteiger partial charge in [-0.1, -0.05) is 12.1 Å². The van der Waals surface area contributed by atoms with Gasteiger partial charge in [0, 0.05) is 30.7 Å². The Balaban J connectivity index is 1.79. The molecule has 0 bridgehead atoms. The minimum atomic E-state index is -0.0901. The minimum absolute atomic E-state index is 0.0901. The van der Waals surface area contributed by atoms with Crippen LogP contribution in [0, 0.1) is 6.92 Å². The van der Waals surface area contributed by atoms with Crippen molar-refractivity contribution in [1.82, 2.24) is 15.3 Å². The fourth-order valence-electron chi connectivity index (χ4n) is 2.31. The number of nitrogens with one attached hydrogen (secondary N) is 1. The van der Waals surface area contributed by atoms with Crippen LogP contribution in [0.1, 0.15) is 35.7 Å². The van der Waals surface area contributed by atoms with Gasteiger partial charge in [-0.15, -0.1) is 0 Å². The van der Waals surface area contributed by atoms with Crippen molar-refractivity contribution in [2.75, 3.05) is 11.4 Å². The lowest BCUT2D eigenvalue weighted by atomic mass is 10.2. The van der Waals surface area contributed by atoms with E-state index in [0.29, 0.717) is 17.6 Å². The standard InChI is InChI=1S/C17H20N4O/c1-3-21(15-6-4-5-12(2)9-15)17-18-10-13(11-19-17)16(22)20-14-7-8-14/h4-6,9-11,14H,3,7-8H2,1-2H3,(H,20,22). The number of carbonyl (C=O) groups is 1.